The third-order valence-electron chi connectivity index (χ3n) is 3.76. The van der Waals surface area contributed by atoms with Gasteiger partial charge < -0.3 is 10.5 Å². The maximum absolute atomic E-state index is 12.4. The number of nitrogens with two attached hydrogens (primary N) is 1. The molecule has 0 aromatic heterocycles. The van der Waals surface area contributed by atoms with Crippen LogP contribution in [0.5, 0.6) is 5.75 Å². The normalized spacial score (nSPS) is 23.5. The second-order valence-electron chi connectivity index (χ2n) is 5.61. The van der Waals surface area contributed by atoms with Crippen molar-refractivity contribution >= 4 is 15.9 Å². The van der Waals surface area contributed by atoms with Crippen LogP contribution in [0.1, 0.15) is 18.9 Å². The summed E-state index contributed by atoms with van der Waals surface area (Å²) in [6, 6.07) is 5.11. The summed E-state index contributed by atoms with van der Waals surface area (Å²) in [7, 11) is 0. The van der Waals surface area contributed by atoms with Gasteiger partial charge in [-0.05, 0) is 43.1 Å². The molecule has 1 saturated heterocycles. The molecule has 1 fully saturated rings. The van der Waals surface area contributed by atoms with Gasteiger partial charge in [0.25, 0.3) is 0 Å². The number of hydrogen-bond acceptors (Lipinski definition) is 3. The molecular weight excluding hydrogens is 330 g/mol. The van der Waals surface area contributed by atoms with Gasteiger partial charge in [0, 0.05) is 23.1 Å². The number of hydrogen-bond donors (Lipinski definition) is 1. The van der Waals surface area contributed by atoms with Crippen LogP contribution in [0.25, 0.3) is 0 Å². The first-order chi connectivity index (χ1) is 9.42. The van der Waals surface area contributed by atoms with Gasteiger partial charge in [0.2, 0.25) is 0 Å². The third kappa shape index (κ3) is 3.90. The van der Waals surface area contributed by atoms with Crippen molar-refractivity contribution in [2.75, 3.05) is 19.6 Å². The molecule has 20 heavy (non-hydrogen) atoms. The molecule has 1 aromatic rings. The van der Waals surface area contributed by atoms with E-state index in [4.69, 9.17) is 5.73 Å². The van der Waals surface area contributed by atoms with Crippen molar-refractivity contribution in [3.63, 3.8) is 0 Å². The van der Waals surface area contributed by atoms with Crippen LogP contribution in [0.2, 0.25) is 0 Å². The summed E-state index contributed by atoms with van der Waals surface area (Å²) in [6.45, 7) is 2.39. The molecule has 0 radical (unpaired) electrons. The number of halogens is 3. The Morgan fingerprint density at radius 3 is 2.85 bits per heavy atom. The fourth-order valence-electron chi connectivity index (χ4n) is 2.55. The molecule has 1 atom stereocenters. The molecule has 112 valence electrons. The molecule has 6 heteroatoms. The molecule has 1 aromatic carbocycles. The highest BCUT2D eigenvalue weighted by Crippen LogP contribution is 2.32. The van der Waals surface area contributed by atoms with Gasteiger partial charge in [-0.25, -0.2) is 0 Å². The summed E-state index contributed by atoms with van der Waals surface area (Å²) in [5.41, 5.74) is 6.67. The number of nitrogens with zero attached hydrogens (tertiary/aromatic N) is 1. The van der Waals surface area contributed by atoms with E-state index in [0.29, 0.717) is 13.1 Å². The predicted octanol–water partition coefficient (Wildman–Crippen LogP) is 3.22. The average molecular weight is 349 g/mol. The van der Waals surface area contributed by atoms with Crippen LogP contribution in [0.15, 0.2) is 22.7 Å². The van der Waals surface area contributed by atoms with E-state index in [9.17, 15) is 8.78 Å². The van der Waals surface area contributed by atoms with E-state index < -0.39 is 6.61 Å². The molecule has 2 rings (SSSR count). The Hall–Kier alpha value is -0.720. The zero-order chi connectivity index (χ0) is 14.8. The van der Waals surface area contributed by atoms with Gasteiger partial charge in [-0.3, -0.25) is 4.90 Å². The van der Waals surface area contributed by atoms with Crippen LogP contribution in [-0.4, -0.2) is 31.1 Å². The Kier molecular flexibility index (Phi) is 4.99. The van der Waals surface area contributed by atoms with Gasteiger partial charge in [-0.1, -0.05) is 22.9 Å². The van der Waals surface area contributed by atoms with Crippen molar-refractivity contribution in [3.05, 3.63) is 28.2 Å². The van der Waals surface area contributed by atoms with Crippen LogP contribution in [-0.2, 0) is 6.54 Å². The number of likely N-dealkylation sites (tertiary alicyclic amines) is 1. The highest BCUT2D eigenvalue weighted by atomic mass is 79.9. The second-order valence-corrected chi connectivity index (χ2v) is 6.52. The number of rotatable bonds is 5. The number of benzene rings is 1. The highest BCUT2D eigenvalue weighted by molar-refractivity contribution is 9.10. The monoisotopic (exact) mass is 348 g/mol. The van der Waals surface area contributed by atoms with Crippen molar-refractivity contribution in [1.29, 1.82) is 0 Å². The molecule has 2 N–H and O–H groups in total. The van der Waals surface area contributed by atoms with Crippen LogP contribution < -0.4 is 10.5 Å². The maximum Gasteiger partial charge on any atom is 0.387 e. The zero-order valence-corrected chi connectivity index (χ0v) is 13.0. The quantitative estimate of drug-likeness (QED) is 0.887. The SMILES string of the molecule is CC1(CN)CCN(Cc2cc(Br)ccc2OC(F)F)C1. The lowest BCUT2D eigenvalue weighted by molar-refractivity contribution is -0.0507. The fraction of sp³-hybridized carbons (Fsp3) is 0.571. The van der Waals surface area contributed by atoms with Crippen LogP contribution >= 0.6 is 15.9 Å². The number of ether oxygens (including phenoxy) is 1. The smallest absolute Gasteiger partial charge is 0.387 e. The van der Waals surface area contributed by atoms with Crippen molar-refractivity contribution < 1.29 is 13.5 Å². The van der Waals surface area contributed by atoms with Gasteiger partial charge in [0.1, 0.15) is 5.75 Å². The lowest BCUT2D eigenvalue weighted by Gasteiger charge is -2.23. The summed E-state index contributed by atoms with van der Waals surface area (Å²) < 4.78 is 30.3. The lowest BCUT2D eigenvalue weighted by Crippen LogP contribution is -2.31. The van der Waals surface area contributed by atoms with Gasteiger partial charge in [-0.2, -0.15) is 8.78 Å². The Balaban J connectivity index is 2.10. The lowest BCUT2D eigenvalue weighted by atomic mass is 9.90. The van der Waals surface area contributed by atoms with E-state index in [0.717, 1.165) is 29.5 Å². The molecule has 3 nitrogen and oxygen atoms in total. The highest BCUT2D eigenvalue weighted by Gasteiger charge is 2.32. The molecule has 0 amide bonds. The fourth-order valence-corrected chi connectivity index (χ4v) is 2.96. The van der Waals surface area contributed by atoms with Crippen LogP contribution in [0, 0.1) is 5.41 Å². The standard InChI is InChI=1S/C14H19BrF2N2O/c1-14(8-18)4-5-19(9-14)7-10-6-11(15)2-3-12(10)20-13(16)17/h2-3,6,13H,4-5,7-9,18H2,1H3. The molecular formula is C14H19BrF2N2O. The van der Waals surface area contributed by atoms with Gasteiger partial charge >= 0.3 is 6.61 Å². The topological polar surface area (TPSA) is 38.5 Å². The first-order valence-electron chi connectivity index (χ1n) is 6.57. The van der Waals surface area contributed by atoms with E-state index in [2.05, 4.69) is 32.5 Å². The van der Waals surface area contributed by atoms with Gasteiger partial charge in [-0.15, -0.1) is 0 Å². The second kappa shape index (κ2) is 6.37. The minimum absolute atomic E-state index is 0.121. The first-order valence-corrected chi connectivity index (χ1v) is 7.37. The Morgan fingerprint density at radius 2 is 2.25 bits per heavy atom. The Morgan fingerprint density at radius 1 is 1.50 bits per heavy atom. The van der Waals surface area contributed by atoms with E-state index in [-0.39, 0.29) is 11.2 Å². The van der Waals surface area contributed by atoms with E-state index in [1.165, 1.54) is 0 Å². The molecule has 0 bridgehead atoms. The zero-order valence-electron chi connectivity index (χ0n) is 11.4. The van der Waals surface area contributed by atoms with Crippen LogP contribution in [0.3, 0.4) is 0 Å². The summed E-state index contributed by atoms with van der Waals surface area (Å²) in [6.07, 6.45) is 1.03. The first kappa shape index (κ1) is 15.7. The summed E-state index contributed by atoms with van der Waals surface area (Å²) in [5, 5.41) is 0. The van der Waals surface area contributed by atoms with E-state index in [1.54, 1.807) is 12.1 Å². The molecule has 1 aliphatic rings. The molecule has 1 aliphatic heterocycles. The molecule has 0 saturated carbocycles. The average Bonchev–Trinajstić information content (AvgIpc) is 2.75. The minimum atomic E-state index is -2.80. The van der Waals surface area contributed by atoms with Crippen molar-refractivity contribution in [2.24, 2.45) is 11.1 Å². The Bertz CT molecular complexity index is 472. The predicted molar refractivity (Wildman–Crippen MR) is 77.8 cm³/mol. The van der Waals surface area contributed by atoms with Crippen LogP contribution in [0.4, 0.5) is 8.78 Å². The van der Waals surface area contributed by atoms with Crippen molar-refractivity contribution in [1.82, 2.24) is 4.90 Å². The third-order valence-corrected chi connectivity index (χ3v) is 4.26. The van der Waals surface area contributed by atoms with E-state index in [1.807, 2.05) is 6.07 Å². The molecule has 0 aliphatic carbocycles. The summed E-state index contributed by atoms with van der Waals surface area (Å²) in [4.78, 5) is 2.23. The van der Waals surface area contributed by atoms with Crippen molar-refractivity contribution in [2.45, 2.75) is 26.5 Å². The molecule has 1 heterocycles. The van der Waals surface area contributed by atoms with Gasteiger partial charge in [0.15, 0.2) is 0 Å². The largest absolute Gasteiger partial charge is 0.434 e. The molecule has 0 spiro atoms. The summed E-state index contributed by atoms with van der Waals surface area (Å²) >= 11 is 3.37. The van der Waals surface area contributed by atoms with E-state index >= 15 is 0 Å². The van der Waals surface area contributed by atoms with Gasteiger partial charge in [0.05, 0.1) is 0 Å². The molecule has 1 unspecified atom stereocenters. The summed E-state index contributed by atoms with van der Waals surface area (Å²) in [5.74, 6) is 0.240. The minimum Gasteiger partial charge on any atom is -0.434 e. The maximum atomic E-state index is 12.4. The Labute approximate surface area is 126 Å². The number of alkyl halides is 2. The van der Waals surface area contributed by atoms with Crippen molar-refractivity contribution in [3.8, 4) is 5.75 Å².